The zero-order chi connectivity index (χ0) is 21.6. The summed E-state index contributed by atoms with van der Waals surface area (Å²) in [6.45, 7) is 0. The molecule has 0 radical (unpaired) electrons. The Morgan fingerprint density at radius 3 is 2.17 bits per heavy atom. The van der Waals surface area contributed by atoms with Crippen molar-refractivity contribution in [1.82, 2.24) is 0 Å². The first-order chi connectivity index (χ1) is 13.4. The van der Waals surface area contributed by atoms with E-state index in [4.69, 9.17) is 17.4 Å². The first kappa shape index (κ1) is 21.3. The summed E-state index contributed by atoms with van der Waals surface area (Å²) >= 11 is 5.26. The largest absolute Gasteiger partial charge is 0.416 e. The number of hydrogen-bond donors (Lipinski definition) is 1. The first-order valence-corrected chi connectivity index (χ1v) is 9.96. The highest BCUT2D eigenvalue weighted by Gasteiger charge is 2.31. The molecule has 0 bridgehead atoms. The van der Waals surface area contributed by atoms with Crippen LogP contribution >= 0.6 is 12.2 Å². The van der Waals surface area contributed by atoms with Crippen LogP contribution in [0.3, 0.4) is 0 Å². The van der Waals surface area contributed by atoms with Gasteiger partial charge in [0.05, 0.1) is 5.56 Å². The van der Waals surface area contributed by atoms with Crippen molar-refractivity contribution < 1.29 is 30.4 Å². The third-order valence-electron chi connectivity index (χ3n) is 4.26. The molecule has 0 aliphatic heterocycles. The minimum absolute atomic E-state index is 0.00786. The molecule has 2 aromatic carbocycles. The van der Waals surface area contributed by atoms with Crippen molar-refractivity contribution in [2.75, 3.05) is 0 Å². The second kappa shape index (κ2) is 7.43. The normalized spacial score (nSPS) is 17.4. The van der Waals surface area contributed by atoms with Crippen molar-refractivity contribution in [3.63, 3.8) is 0 Å². The lowest BCUT2D eigenvalue weighted by atomic mass is 9.87. The summed E-state index contributed by atoms with van der Waals surface area (Å²) in [5.74, 6) is -3.35. The standard InChI is InChI=1S/C19H12F5NO2S2/c20-15-7-12(8-16(21)18(15)29(25,26)27)10-4-5-14(17(28)9-10)11-2-1-3-13(6-11)19(22,23)24/h1-9,14H,(H2,25,26,27). The van der Waals surface area contributed by atoms with Crippen molar-refractivity contribution in [1.29, 1.82) is 0 Å². The van der Waals surface area contributed by atoms with E-state index in [-0.39, 0.29) is 16.0 Å². The van der Waals surface area contributed by atoms with Crippen molar-refractivity contribution in [2.45, 2.75) is 17.0 Å². The second-order valence-electron chi connectivity index (χ2n) is 6.28. The highest BCUT2D eigenvalue weighted by Crippen LogP contribution is 2.34. The van der Waals surface area contributed by atoms with Crippen LogP contribution in [0.2, 0.25) is 0 Å². The van der Waals surface area contributed by atoms with E-state index in [1.54, 1.807) is 0 Å². The van der Waals surface area contributed by atoms with E-state index in [1.807, 2.05) is 0 Å². The molecule has 0 fully saturated rings. The van der Waals surface area contributed by atoms with Crippen LogP contribution in [0.15, 0.2) is 59.5 Å². The lowest BCUT2D eigenvalue weighted by molar-refractivity contribution is -0.137. The molecule has 2 aromatic rings. The third-order valence-corrected chi connectivity index (χ3v) is 5.59. The number of sulfonamides is 1. The predicted octanol–water partition coefficient (Wildman–Crippen LogP) is 4.74. The maximum atomic E-state index is 14.1. The van der Waals surface area contributed by atoms with E-state index in [2.05, 4.69) is 0 Å². The Kier molecular flexibility index (Phi) is 5.46. The fourth-order valence-corrected chi connectivity index (χ4v) is 3.95. The van der Waals surface area contributed by atoms with Crippen molar-refractivity contribution in [2.24, 2.45) is 5.14 Å². The Bertz CT molecular complexity index is 1140. The Balaban J connectivity index is 1.95. The molecule has 0 heterocycles. The van der Waals surface area contributed by atoms with Gasteiger partial charge in [-0.05, 0) is 41.0 Å². The lowest BCUT2D eigenvalue weighted by Crippen LogP contribution is -2.16. The van der Waals surface area contributed by atoms with Gasteiger partial charge in [-0.2, -0.15) is 13.2 Å². The summed E-state index contributed by atoms with van der Waals surface area (Å²) in [6, 6.07) is 6.29. The zero-order valence-corrected chi connectivity index (χ0v) is 16.0. The van der Waals surface area contributed by atoms with Gasteiger partial charge in [0.1, 0.15) is 11.6 Å². The molecule has 1 atom stereocenters. The summed E-state index contributed by atoms with van der Waals surface area (Å²) < 4.78 is 89.5. The summed E-state index contributed by atoms with van der Waals surface area (Å²) in [7, 11) is -4.59. The molecular weight excluding hydrogens is 433 g/mol. The van der Waals surface area contributed by atoms with E-state index in [0.717, 1.165) is 24.3 Å². The number of hydrogen-bond acceptors (Lipinski definition) is 3. The van der Waals surface area contributed by atoms with Crippen LogP contribution < -0.4 is 5.14 Å². The predicted molar refractivity (Wildman–Crippen MR) is 102 cm³/mol. The van der Waals surface area contributed by atoms with Gasteiger partial charge < -0.3 is 0 Å². The average molecular weight is 445 g/mol. The molecule has 0 saturated carbocycles. The number of thiocarbonyl (C=S) groups is 1. The molecule has 3 rings (SSSR count). The van der Waals surface area contributed by atoms with Gasteiger partial charge in [-0.3, -0.25) is 0 Å². The minimum Gasteiger partial charge on any atom is -0.224 e. The van der Waals surface area contributed by atoms with Crippen LogP contribution in [-0.2, 0) is 16.2 Å². The molecule has 0 aromatic heterocycles. The fraction of sp³-hybridized carbons (Fsp3) is 0.105. The number of primary sulfonamides is 1. The molecule has 152 valence electrons. The molecular formula is C19H12F5NO2S2. The quantitative estimate of drug-likeness (QED) is 0.549. The third kappa shape index (κ3) is 4.44. The van der Waals surface area contributed by atoms with E-state index in [9.17, 15) is 30.4 Å². The van der Waals surface area contributed by atoms with E-state index in [0.29, 0.717) is 5.56 Å². The van der Waals surface area contributed by atoms with Crippen molar-refractivity contribution >= 4 is 32.7 Å². The van der Waals surface area contributed by atoms with Crippen molar-refractivity contribution in [3.8, 4) is 0 Å². The maximum absolute atomic E-state index is 14.1. The molecule has 0 spiro atoms. The lowest BCUT2D eigenvalue weighted by Gasteiger charge is -2.19. The molecule has 2 N–H and O–H groups in total. The van der Waals surface area contributed by atoms with E-state index >= 15 is 0 Å². The first-order valence-electron chi connectivity index (χ1n) is 8.01. The van der Waals surface area contributed by atoms with Gasteiger partial charge in [-0.1, -0.05) is 42.6 Å². The van der Waals surface area contributed by atoms with Gasteiger partial charge in [0.2, 0.25) is 10.0 Å². The second-order valence-corrected chi connectivity index (χ2v) is 8.25. The topological polar surface area (TPSA) is 60.2 Å². The average Bonchev–Trinajstić information content (AvgIpc) is 2.59. The number of allylic oxidation sites excluding steroid dienone is 4. The van der Waals surface area contributed by atoms with Crippen LogP contribution in [0.1, 0.15) is 22.6 Å². The minimum atomic E-state index is -4.59. The van der Waals surface area contributed by atoms with Crippen LogP contribution in [-0.4, -0.2) is 13.3 Å². The molecule has 1 unspecified atom stereocenters. The van der Waals surface area contributed by atoms with E-state index in [1.165, 1.54) is 30.4 Å². The maximum Gasteiger partial charge on any atom is 0.416 e. The SMILES string of the molecule is NS(=O)(=O)c1c(F)cc(C2=CC(=S)C(c3cccc(C(F)(F)F)c3)C=C2)cc1F. The highest BCUT2D eigenvalue weighted by molar-refractivity contribution is 7.89. The number of nitrogens with two attached hydrogens (primary N) is 1. The molecule has 0 saturated heterocycles. The molecule has 10 heteroatoms. The van der Waals surface area contributed by atoms with Gasteiger partial charge in [-0.25, -0.2) is 22.3 Å². The Labute approximate surface area is 168 Å². The summed E-state index contributed by atoms with van der Waals surface area (Å²) in [6.07, 6.45) is -0.148. The molecule has 0 amide bonds. The molecule has 29 heavy (non-hydrogen) atoms. The fourth-order valence-electron chi connectivity index (χ4n) is 2.95. The van der Waals surface area contributed by atoms with Crippen LogP contribution in [0.25, 0.3) is 5.57 Å². The van der Waals surface area contributed by atoms with Crippen LogP contribution in [0, 0.1) is 11.6 Å². The number of benzene rings is 2. The van der Waals surface area contributed by atoms with Crippen LogP contribution in [0.4, 0.5) is 22.0 Å². The molecule has 3 nitrogen and oxygen atoms in total. The Morgan fingerprint density at radius 1 is 1.03 bits per heavy atom. The highest BCUT2D eigenvalue weighted by atomic mass is 32.2. The van der Waals surface area contributed by atoms with E-state index < -0.39 is 44.2 Å². The number of rotatable bonds is 3. The van der Waals surface area contributed by atoms with Gasteiger partial charge >= 0.3 is 6.18 Å². The summed E-state index contributed by atoms with van der Waals surface area (Å²) in [4.78, 5) is -1.01. The smallest absolute Gasteiger partial charge is 0.224 e. The summed E-state index contributed by atoms with van der Waals surface area (Å²) in [5.41, 5.74) is -0.215. The molecule has 1 aliphatic carbocycles. The van der Waals surface area contributed by atoms with Gasteiger partial charge in [0, 0.05) is 10.8 Å². The zero-order valence-electron chi connectivity index (χ0n) is 14.4. The van der Waals surface area contributed by atoms with Gasteiger partial charge in [0.15, 0.2) is 4.90 Å². The number of halogens is 5. The van der Waals surface area contributed by atoms with Gasteiger partial charge in [-0.15, -0.1) is 0 Å². The van der Waals surface area contributed by atoms with Crippen LogP contribution in [0.5, 0.6) is 0 Å². The van der Waals surface area contributed by atoms with Crippen molar-refractivity contribution in [3.05, 3.63) is 83.0 Å². The number of alkyl halides is 3. The van der Waals surface area contributed by atoms with Gasteiger partial charge in [0.25, 0.3) is 0 Å². The Hall–Kier alpha value is -2.43. The monoisotopic (exact) mass is 445 g/mol. The molecule has 1 aliphatic rings. The summed E-state index contributed by atoms with van der Waals surface area (Å²) in [5, 5.41) is 4.80. The Morgan fingerprint density at radius 2 is 1.66 bits per heavy atom.